The summed E-state index contributed by atoms with van der Waals surface area (Å²) in [6, 6.07) is 4.80. The highest BCUT2D eigenvalue weighted by Crippen LogP contribution is 2.34. The Kier molecular flexibility index (Phi) is 5.89. The van der Waals surface area contributed by atoms with Crippen molar-refractivity contribution in [2.75, 3.05) is 30.8 Å². The number of nitrogens with zero attached hydrogens (tertiary/aromatic N) is 1. The van der Waals surface area contributed by atoms with Crippen LogP contribution >= 0.6 is 11.8 Å². The summed E-state index contributed by atoms with van der Waals surface area (Å²) in [5.74, 6) is -0.239. The second kappa shape index (κ2) is 7.98. The minimum atomic E-state index is -3.74. The zero-order valence-electron chi connectivity index (χ0n) is 14.6. The molecule has 0 aromatic heterocycles. The Bertz CT molecular complexity index is 809. The molecule has 3 rings (SSSR count). The number of anilines is 1. The molecule has 1 N–H and O–H groups in total. The van der Waals surface area contributed by atoms with Crippen molar-refractivity contribution in [2.45, 2.75) is 36.0 Å². The fourth-order valence-corrected chi connectivity index (χ4v) is 5.61. The maximum absolute atomic E-state index is 13.0. The van der Waals surface area contributed by atoms with Gasteiger partial charge in [-0.2, -0.15) is 4.31 Å². The number of fused-ring (bicyclic) bond motifs is 1. The van der Waals surface area contributed by atoms with E-state index in [2.05, 4.69) is 5.32 Å². The zero-order valence-corrected chi connectivity index (χ0v) is 16.2. The first kappa shape index (κ1) is 19.2. The van der Waals surface area contributed by atoms with E-state index in [1.165, 1.54) is 22.1 Å². The number of hydrogen-bond donors (Lipinski definition) is 1. The van der Waals surface area contributed by atoms with Gasteiger partial charge in [0.15, 0.2) is 0 Å². The third kappa shape index (κ3) is 4.05. The van der Waals surface area contributed by atoms with Crippen molar-refractivity contribution >= 4 is 39.3 Å². The SMILES string of the molecule is CCOC(=O)[C@@H]1CCCN(S(=O)(=O)c2ccc3c(c2)NC(=O)CCS3)C1. The molecular weight excluding hydrogens is 376 g/mol. The number of thioether (sulfide) groups is 1. The number of piperidine rings is 1. The molecule has 1 amide bonds. The molecule has 2 aliphatic rings. The van der Waals surface area contributed by atoms with Crippen LogP contribution in [0.3, 0.4) is 0 Å². The van der Waals surface area contributed by atoms with Crippen LogP contribution in [-0.4, -0.2) is 50.0 Å². The number of benzene rings is 1. The van der Waals surface area contributed by atoms with Gasteiger partial charge in [-0.1, -0.05) is 0 Å². The maximum Gasteiger partial charge on any atom is 0.310 e. The van der Waals surface area contributed by atoms with Gasteiger partial charge in [0.25, 0.3) is 0 Å². The summed E-state index contributed by atoms with van der Waals surface area (Å²) in [5.41, 5.74) is 0.525. The molecular formula is C17H22N2O5S2. The molecule has 0 bridgehead atoms. The summed E-state index contributed by atoms with van der Waals surface area (Å²) < 4.78 is 32.4. The Hall–Kier alpha value is -1.58. The predicted octanol–water partition coefficient (Wildman–Crippen LogP) is 2.08. The van der Waals surface area contributed by atoms with E-state index in [1.54, 1.807) is 19.1 Å². The van der Waals surface area contributed by atoms with Crippen molar-refractivity contribution in [3.63, 3.8) is 0 Å². The van der Waals surface area contributed by atoms with E-state index < -0.39 is 15.9 Å². The second-order valence-corrected chi connectivity index (χ2v) is 9.33. The van der Waals surface area contributed by atoms with Crippen LogP contribution in [0.4, 0.5) is 5.69 Å². The quantitative estimate of drug-likeness (QED) is 0.781. The first-order valence-electron chi connectivity index (χ1n) is 8.65. The van der Waals surface area contributed by atoms with Gasteiger partial charge in [-0.25, -0.2) is 8.42 Å². The first-order chi connectivity index (χ1) is 12.4. The van der Waals surface area contributed by atoms with Crippen LogP contribution in [0.15, 0.2) is 28.0 Å². The Labute approximate surface area is 157 Å². The van der Waals surface area contributed by atoms with Crippen LogP contribution in [0.25, 0.3) is 0 Å². The van der Waals surface area contributed by atoms with Crippen molar-refractivity contribution < 1.29 is 22.7 Å². The zero-order chi connectivity index (χ0) is 18.7. The maximum atomic E-state index is 13.0. The molecule has 1 atom stereocenters. The first-order valence-corrected chi connectivity index (χ1v) is 11.1. The highest BCUT2D eigenvalue weighted by atomic mass is 32.2. The molecule has 142 valence electrons. The molecule has 26 heavy (non-hydrogen) atoms. The Morgan fingerprint density at radius 3 is 3.00 bits per heavy atom. The van der Waals surface area contributed by atoms with E-state index in [1.807, 2.05) is 0 Å². The number of esters is 1. The molecule has 0 aliphatic carbocycles. The molecule has 1 fully saturated rings. The number of ether oxygens (including phenoxy) is 1. The highest BCUT2D eigenvalue weighted by molar-refractivity contribution is 7.99. The molecule has 0 saturated carbocycles. The molecule has 0 unspecified atom stereocenters. The van der Waals surface area contributed by atoms with Crippen molar-refractivity contribution in [1.82, 2.24) is 4.31 Å². The molecule has 2 aliphatic heterocycles. The number of sulfonamides is 1. The smallest absolute Gasteiger partial charge is 0.310 e. The number of rotatable bonds is 4. The Balaban J connectivity index is 1.83. The molecule has 7 nitrogen and oxygen atoms in total. The predicted molar refractivity (Wildman–Crippen MR) is 98.5 cm³/mol. The van der Waals surface area contributed by atoms with Crippen molar-refractivity contribution in [2.24, 2.45) is 5.92 Å². The third-order valence-corrected chi connectivity index (χ3v) is 7.39. The van der Waals surface area contributed by atoms with Crippen LogP contribution in [-0.2, 0) is 24.3 Å². The van der Waals surface area contributed by atoms with Gasteiger partial charge in [-0.05, 0) is 38.0 Å². The minimum absolute atomic E-state index is 0.119. The van der Waals surface area contributed by atoms with Gasteiger partial charge in [0.2, 0.25) is 15.9 Å². The molecule has 9 heteroatoms. The van der Waals surface area contributed by atoms with Crippen LogP contribution < -0.4 is 5.32 Å². The van der Waals surface area contributed by atoms with E-state index in [0.717, 1.165) is 4.90 Å². The third-order valence-electron chi connectivity index (χ3n) is 4.45. The summed E-state index contributed by atoms with van der Waals surface area (Å²) in [4.78, 5) is 24.7. The van der Waals surface area contributed by atoms with Gasteiger partial charge in [0.1, 0.15) is 0 Å². The number of hydrogen-bond acceptors (Lipinski definition) is 6. The molecule has 1 aromatic carbocycles. The van der Waals surface area contributed by atoms with E-state index >= 15 is 0 Å². The lowest BCUT2D eigenvalue weighted by molar-refractivity contribution is -0.149. The lowest BCUT2D eigenvalue weighted by atomic mass is 10.0. The van der Waals surface area contributed by atoms with Crippen molar-refractivity contribution in [3.05, 3.63) is 18.2 Å². The molecule has 1 saturated heterocycles. The van der Waals surface area contributed by atoms with Gasteiger partial charge in [-0.3, -0.25) is 9.59 Å². The number of amides is 1. The average molecular weight is 399 g/mol. The van der Waals surface area contributed by atoms with Gasteiger partial charge >= 0.3 is 5.97 Å². The summed E-state index contributed by atoms with van der Waals surface area (Å²) in [5, 5.41) is 2.76. The largest absolute Gasteiger partial charge is 0.466 e. The van der Waals surface area contributed by atoms with E-state index in [9.17, 15) is 18.0 Å². The van der Waals surface area contributed by atoms with Gasteiger partial charge < -0.3 is 10.1 Å². The fourth-order valence-electron chi connectivity index (χ4n) is 3.12. The highest BCUT2D eigenvalue weighted by Gasteiger charge is 2.34. The number of carbonyl (C=O) groups is 2. The lowest BCUT2D eigenvalue weighted by Crippen LogP contribution is -2.42. The monoisotopic (exact) mass is 398 g/mol. The molecule has 0 spiro atoms. The number of nitrogens with one attached hydrogen (secondary N) is 1. The van der Waals surface area contributed by atoms with Crippen molar-refractivity contribution in [1.29, 1.82) is 0 Å². The molecule has 0 radical (unpaired) electrons. The summed E-state index contributed by atoms with van der Waals surface area (Å²) in [6.07, 6.45) is 1.64. The number of carbonyl (C=O) groups excluding carboxylic acids is 2. The van der Waals surface area contributed by atoms with E-state index in [-0.39, 0.29) is 29.9 Å². The molecule has 1 aromatic rings. The van der Waals surface area contributed by atoms with Crippen LogP contribution in [0.1, 0.15) is 26.2 Å². The summed E-state index contributed by atoms with van der Waals surface area (Å²) in [7, 11) is -3.74. The Morgan fingerprint density at radius 2 is 2.23 bits per heavy atom. The van der Waals surface area contributed by atoms with E-state index in [0.29, 0.717) is 37.2 Å². The Morgan fingerprint density at radius 1 is 1.42 bits per heavy atom. The second-order valence-electron chi connectivity index (χ2n) is 6.26. The van der Waals surface area contributed by atoms with Crippen LogP contribution in [0.5, 0.6) is 0 Å². The van der Waals surface area contributed by atoms with E-state index in [4.69, 9.17) is 4.74 Å². The lowest BCUT2D eigenvalue weighted by Gasteiger charge is -2.30. The fraction of sp³-hybridized carbons (Fsp3) is 0.529. The standard InChI is InChI=1S/C17H22N2O5S2/c1-2-24-17(21)12-4-3-8-19(11-12)26(22,23)13-5-6-15-14(10-13)18-16(20)7-9-25-15/h5-6,10,12H,2-4,7-9,11H2,1H3,(H,18,20)/t12-/m1/s1. The topological polar surface area (TPSA) is 92.8 Å². The van der Waals surface area contributed by atoms with Gasteiger partial charge in [-0.15, -0.1) is 11.8 Å². The molecule has 2 heterocycles. The van der Waals surface area contributed by atoms with Crippen LogP contribution in [0.2, 0.25) is 0 Å². The van der Waals surface area contributed by atoms with Crippen molar-refractivity contribution in [3.8, 4) is 0 Å². The average Bonchev–Trinajstić information content (AvgIpc) is 2.81. The summed E-state index contributed by atoms with van der Waals surface area (Å²) >= 11 is 1.53. The van der Waals surface area contributed by atoms with Gasteiger partial charge in [0.05, 0.1) is 23.1 Å². The summed E-state index contributed by atoms with van der Waals surface area (Å²) in [6.45, 7) is 2.51. The minimum Gasteiger partial charge on any atom is -0.466 e. The van der Waals surface area contributed by atoms with Crippen LogP contribution in [0, 0.1) is 5.92 Å². The normalized spacial score (nSPS) is 21.4. The van der Waals surface area contributed by atoms with Gasteiger partial charge in [0, 0.05) is 30.2 Å².